The third-order valence-electron chi connectivity index (χ3n) is 2.58. The maximum Gasteiger partial charge on any atom is 0.241 e. The summed E-state index contributed by atoms with van der Waals surface area (Å²) in [6.07, 6.45) is 0. The van der Waals surface area contributed by atoms with E-state index in [4.69, 9.17) is 12.2 Å². The summed E-state index contributed by atoms with van der Waals surface area (Å²) < 4.78 is 1.63. The number of para-hydroxylation sites is 1. The number of H-pyrrole nitrogens is 1. The predicted octanol–water partition coefficient (Wildman–Crippen LogP) is 1.73. The molecule has 1 aromatic carbocycles. The fourth-order valence-corrected chi connectivity index (χ4v) is 2.05. The van der Waals surface area contributed by atoms with E-state index < -0.39 is 0 Å². The second-order valence-electron chi connectivity index (χ2n) is 3.85. The molecule has 0 aliphatic heterocycles. The van der Waals surface area contributed by atoms with Crippen molar-refractivity contribution in [3.63, 3.8) is 0 Å². The molecule has 3 aromatic rings. The number of fused-ring (bicyclic) bond motifs is 3. The fraction of sp³-hybridized carbons (Fsp3) is 0.0909. The van der Waals surface area contributed by atoms with Crippen molar-refractivity contribution in [1.82, 2.24) is 19.9 Å². The molecule has 0 spiro atoms. The van der Waals surface area contributed by atoms with Crippen LogP contribution in [0, 0.1) is 4.77 Å². The van der Waals surface area contributed by atoms with Crippen molar-refractivity contribution in [2.75, 3.05) is 5.43 Å². The standard InChI is InChI=1S/C11H9N5OS/c1-6(17)15-16-10-9(13-14-11(16)18)7-4-2-3-5-8(7)12-10/h2-5,12H,1H3,(H,15,17). The molecular formula is C11H9N5OS. The van der Waals surface area contributed by atoms with Crippen molar-refractivity contribution < 1.29 is 4.79 Å². The van der Waals surface area contributed by atoms with E-state index in [1.807, 2.05) is 24.3 Å². The first kappa shape index (κ1) is 10.8. The lowest BCUT2D eigenvalue weighted by molar-refractivity contribution is -0.115. The van der Waals surface area contributed by atoms with Gasteiger partial charge in [0.05, 0.1) is 0 Å². The second-order valence-corrected chi connectivity index (χ2v) is 4.22. The SMILES string of the molecule is CC(=O)Nn1c(=S)nnc2c3ccccc3[nH]c21. The molecule has 2 N–H and O–H groups in total. The Morgan fingerprint density at radius 3 is 2.94 bits per heavy atom. The number of carbonyl (C=O) groups excluding carboxylic acids is 1. The largest absolute Gasteiger partial charge is 0.338 e. The van der Waals surface area contributed by atoms with E-state index in [0.717, 1.165) is 10.9 Å². The Kier molecular flexibility index (Phi) is 2.34. The van der Waals surface area contributed by atoms with E-state index >= 15 is 0 Å². The van der Waals surface area contributed by atoms with Crippen LogP contribution in [0.4, 0.5) is 0 Å². The molecule has 2 heterocycles. The van der Waals surface area contributed by atoms with Gasteiger partial charge >= 0.3 is 0 Å². The molecule has 0 radical (unpaired) electrons. The molecule has 18 heavy (non-hydrogen) atoms. The Labute approximate surface area is 107 Å². The molecule has 6 nitrogen and oxygen atoms in total. The van der Waals surface area contributed by atoms with Crippen LogP contribution in [0.25, 0.3) is 22.1 Å². The van der Waals surface area contributed by atoms with E-state index in [1.165, 1.54) is 11.6 Å². The van der Waals surface area contributed by atoms with E-state index in [0.29, 0.717) is 11.2 Å². The van der Waals surface area contributed by atoms with Gasteiger partial charge in [0.2, 0.25) is 10.7 Å². The number of aromatic nitrogens is 4. The number of hydrogen-bond donors (Lipinski definition) is 2. The summed E-state index contributed by atoms with van der Waals surface area (Å²) >= 11 is 5.06. The maximum absolute atomic E-state index is 11.2. The molecule has 2 aromatic heterocycles. The van der Waals surface area contributed by atoms with Gasteiger partial charge in [-0.3, -0.25) is 10.2 Å². The second kappa shape index (κ2) is 3.88. The molecule has 1 amide bonds. The first-order valence-corrected chi connectivity index (χ1v) is 5.71. The number of benzene rings is 1. The number of aromatic amines is 1. The highest BCUT2D eigenvalue weighted by molar-refractivity contribution is 7.71. The normalized spacial score (nSPS) is 10.9. The van der Waals surface area contributed by atoms with Gasteiger partial charge in [-0.05, 0) is 18.3 Å². The highest BCUT2D eigenvalue weighted by Gasteiger charge is 2.10. The van der Waals surface area contributed by atoms with E-state index in [1.54, 1.807) is 0 Å². The third kappa shape index (κ3) is 1.56. The lowest BCUT2D eigenvalue weighted by Crippen LogP contribution is -2.22. The van der Waals surface area contributed by atoms with Crippen LogP contribution in [0.1, 0.15) is 6.92 Å². The van der Waals surface area contributed by atoms with Gasteiger partial charge in [0.1, 0.15) is 5.52 Å². The quantitative estimate of drug-likeness (QED) is 0.653. The van der Waals surface area contributed by atoms with Gasteiger partial charge < -0.3 is 4.98 Å². The third-order valence-corrected chi connectivity index (χ3v) is 2.84. The first-order chi connectivity index (χ1) is 8.66. The Bertz CT molecular complexity index is 819. The van der Waals surface area contributed by atoms with E-state index in [9.17, 15) is 4.79 Å². The Morgan fingerprint density at radius 2 is 2.17 bits per heavy atom. The molecule has 3 rings (SSSR count). The lowest BCUT2D eigenvalue weighted by Gasteiger charge is -2.06. The van der Waals surface area contributed by atoms with Gasteiger partial charge in [-0.15, -0.1) is 10.2 Å². The molecule has 0 aliphatic rings. The lowest BCUT2D eigenvalue weighted by atomic mass is 10.2. The Hall–Kier alpha value is -2.28. The van der Waals surface area contributed by atoms with E-state index in [-0.39, 0.29) is 10.7 Å². The summed E-state index contributed by atoms with van der Waals surface area (Å²) in [5.41, 5.74) is 4.84. The number of amides is 1. The monoisotopic (exact) mass is 259 g/mol. The van der Waals surface area contributed by atoms with Crippen molar-refractivity contribution in [2.24, 2.45) is 0 Å². The van der Waals surface area contributed by atoms with Gasteiger partial charge in [0.15, 0.2) is 5.65 Å². The van der Waals surface area contributed by atoms with Crippen molar-refractivity contribution in [2.45, 2.75) is 6.92 Å². The van der Waals surface area contributed by atoms with Crippen molar-refractivity contribution >= 4 is 40.2 Å². The van der Waals surface area contributed by atoms with Gasteiger partial charge in [-0.1, -0.05) is 18.2 Å². The number of rotatable bonds is 1. The summed E-state index contributed by atoms with van der Waals surface area (Å²) in [5.74, 6) is -0.223. The maximum atomic E-state index is 11.2. The summed E-state index contributed by atoms with van der Waals surface area (Å²) in [5, 5.41) is 8.89. The van der Waals surface area contributed by atoms with Crippen LogP contribution in [0.5, 0.6) is 0 Å². The van der Waals surface area contributed by atoms with E-state index in [2.05, 4.69) is 20.6 Å². The highest BCUT2D eigenvalue weighted by atomic mass is 32.1. The van der Waals surface area contributed by atoms with Crippen LogP contribution in [0.2, 0.25) is 0 Å². The first-order valence-electron chi connectivity index (χ1n) is 5.30. The molecule has 0 bridgehead atoms. The van der Waals surface area contributed by atoms with Crippen LogP contribution in [0.15, 0.2) is 24.3 Å². The predicted molar refractivity (Wildman–Crippen MR) is 70.3 cm³/mol. The minimum absolute atomic E-state index is 0.198. The highest BCUT2D eigenvalue weighted by Crippen LogP contribution is 2.21. The topological polar surface area (TPSA) is 75.6 Å². The fourth-order valence-electron chi connectivity index (χ4n) is 1.87. The minimum Gasteiger partial charge on any atom is -0.338 e. The minimum atomic E-state index is -0.223. The molecule has 0 unspecified atom stereocenters. The number of nitrogens with one attached hydrogen (secondary N) is 2. The van der Waals surface area contributed by atoms with Crippen molar-refractivity contribution in [3.05, 3.63) is 29.0 Å². The van der Waals surface area contributed by atoms with Crippen LogP contribution < -0.4 is 5.43 Å². The zero-order chi connectivity index (χ0) is 12.7. The average Bonchev–Trinajstić information content (AvgIpc) is 2.71. The van der Waals surface area contributed by atoms with Gasteiger partial charge in [-0.25, -0.2) is 4.68 Å². The molecule has 0 fully saturated rings. The van der Waals surface area contributed by atoms with Crippen LogP contribution in [-0.4, -0.2) is 25.8 Å². The van der Waals surface area contributed by atoms with Crippen LogP contribution in [-0.2, 0) is 4.79 Å². The number of hydrogen-bond acceptors (Lipinski definition) is 4. The molecule has 7 heteroatoms. The zero-order valence-corrected chi connectivity index (χ0v) is 10.3. The molecule has 90 valence electrons. The number of nitrogens with zero attached hydrogens (tertiary/aromatic N) is 3. The summed E-state index contributed by atoms with van der Waals surface area (Å²) in [6, 6.07) is 7.70. The van der Waals surface area contributed by atoms with Gasteiger partial charge in [0.25, 0.3) is 0 Å². The molecule has 0 atom stereocenters. The summed E-state index contributed by atoms with van der Waals surface area (Å²) in [4.78, 5) is 14.4. The van der Waals surface area contributed by atoms with Crippen molar-refractivity contribution in [1.29, 1.82) is 0 Å². The average molecular weight is 259 g/mol. The molecule has 0 saturated carbocycles. The van der Waals surface area contributed by atoms with Crippen molar-refractivity contribution in [3.8, 4) is 0 Å². The zero-order valence-electron chi connectivity index (χ0n) is 9.47. The molecule has 0 aliphatic carbocycles. The van der Waals surface area contributed by atoms with Crippen LogP contribution in [0.3, 0.4) is 0 Å². The van der Waals surface area contributed by atoms with Gasteiger partial charge in [0, 0.05) is 17.8 Å². The number of carbonyl (C=O) groups is 1. The summed E-state index contributed by atoms with van der Waals surface area (Å²) in [6.45, 7) is 1.41. The molecular weight excluding hydrogens is 250 g/mol. The molecule has 0 saturated heterocycles. The Balaban J connectivity index is 2.43. The summed E-state index contributed by atoms with van der Waals surface area (Å²) in [7, 11) is 0. The van der Waals surface area contributed by atoms with Crippen LogP contribution >= 0.6 is 12.2 Å². The van der Waals surface area contributed by atoms with Gasteiger partial charge in [-0.2, -0.15) is 0 Å². The smallest absolute Gasteiger partial charge is 0.241 e. The Morgan fingerprint density at radius 1 is 1.39 bits per heavy atom.